The number of benzene rings is 1. The minimum Gasteiger partial charge on any atom is -0.354 e. The average molecular weight is 311 g/mol. The zero-order valence-corrected chi connectivity index (χ0v) is 13.8. The Kier molecular flexibility index (Phi) is 7.76. The maximum Gasteiger partial charge on any atom is 0.237 e. The van der Waals surface area contributed by atoms with Crippen molar-refractivity contribution in [3.05, 3.63) is 35.9 Å². The molecule has 2 atom stereocenters. The minimum atomic E-state index is 0. The normalized spacial score (nSPS) is 19.7. The third-order valence-electron chi connectivity index (χ3n) is 4.16. The predicted octanol–water partition coefficient (Wildman–Crippen LogP) is 3.11. The van der Waals surface area contributed by atoms with Crippen LogP contribution in [0.15, 0.2) is 30.3 Å². The zero-order chi connectivity index (χ0) is 14.4. The smallest absolute Gasteiger partial charge is 0.237 e. The molecule has 1 aromatic rings. The first-order valence-electron chi connectivity index (χ1n) is 7.74. The maximum atomic E-state index is 12.2. The van der Waals surface area contributed by atoms with E-state index in [4.69, 9.17) is 0 Å². The van der Waals surface area contributed by atoms with Gasteiger partial charge in [0.05, 0.1) is 6.04 Å². The van der Waals surface area contributed by atoms with Gasteiger partial charge in [-0.2, -0.15) is 0 Å². The monoisotopic (exact) mass is 310 g/mol. The third kappa shape index (κ3) is 5.33. The molecule has 0 radical (unpaired) electrons. The number of hydrogen-bond acceptors (Lipinski definition) is 2. The molecule has 1 aliphatic heterocycles. The predicted molar refractivity (Wildman–Crippen MR) is 89.9 cm³/mol. The van der Waals surface area contributed by atoms with Crippen LogP contribution < -0.4 is 10.6 Å². The molecule has 1 saturated heterocycles. The summed E-state index contributed by atoms with van der Waals surface area (Å²) in [5.41, 5.74) is 1.31. The van der Waals surface area contributed by atoms with Crippen molar-refractivity contribution in [1.29, 1.82) is 0 Å². The summed E-state index contributed by atoms with van der Waals surface area (Å²) in [6.07, 6.45) is 3.29. The van der Waals surface area contributed by atoms with Crippen LogP contribution in [-0.4, -0.2) is 25.0 Å². The standard InChI is InChI=1S/C17H26N2O.ClH/c1-13(2)15(14-8-4-3-5-9-14)12-19-17(20)16-10-6-7-11-18-16;/h3-5,8-9,13,15-16,18H,6-7,10-12H2,1-2H3,(H,19,20);1H. The van der Waals surface area contributed by atoms with E-state index in [9.17, 15) is 4.79 Å². The molecule has 0 aliphatic carbocycles. The number of nitrogens with one attached hydrogen (secondary N) is 2. The highest BCUT2D eigenvalue weighted by Gasteiger charge is 2.22. The summed E-state index contributed by atoms with van der Waals surface area (Å²) in [4.78, 5) is 12.2. The number of amides is 1. The Morgan fingerprint density at radius 3 is 2.57 bits per heavy atom. The van der Waals surface area contributed by atoms with Crippen molar-refractivity contribution < 1.29 is 4.79 Å². The molecule has 1 aliphatic rings. The molecule has 0 saturated carbocycles. The topological polar surface area (TPSA) is 41.1 Å². The number of piperidine rings is 1. The van der Waals surface area contributed by atoms with Crippen molar-refractivity contribution in [2.75, 3.05) is 13.1 Å². The molecule has 4 heteroatoms. The molecule has 2 N–H and O–H groups in total. The second kappa shape index (κ2) is 9.06. The van der Waals surface area contributed by atoms with Crippen LogP contribution in [0.1, 0.15) is 44.6 Å². The first-order valence-corrected chi connectivity index (χ1v) is 7.74. The minimum absolute atomic E-state index is 0. The Hall–Kier alpha value is -1.06. The lowest BCUT2D eigenvalue weighted by molar-refractivity contribution is -0.123. The number of hydrogen-bond donors (Lipinski definition) is 2. The van der Waals surface area contributed by atoms with E-state index in [1.807, 2.05) is 6.07 Å². The van der Waals surface area contributed by atoms with Gasteiger partial charge in [-0.05, 0) is 30.9 Å². The molecule has 1 amide bonds. The van der Waals surface area contributed by atoms with E-state index in [2.05, 4.69) is 48.7 Å². The van der Waals surface area contributed by atoms with Gasteiger partial charge in [-0.25, -0.2) is 0 Å². The summed E-state index contributed by atoms with van der Waals surface area (Å²) in [7, 11) is 0. The Morgan fingerprint density at radius 1 is 1.29 bits per heavy atom. The first kappa shape index (κ1) is 18.0. The number of halogens is 1. The highest BCUT2D eigenvalue weighted by molar-refractivity contribution is 5.85. The highest BCUT2D eigenvalue weighted by Crippen LogP contribution is 2.23. The van der Waals surface area contributed by atoms with Crippen molar-refractivity contribution >= 4 is 18.3 Å². The number of carbonyl (C=O) groups is 1. The molecular weight excluding hydrogens is 284 g/mol. The molecule has 0 aromatic heterocycles. The van der Waals surface area contributed by atoms with E-state index >= 15 is 0 Å². The molecule has 118 valence electrons. The van der Waals surface area contributed by atoms with Crippen LogP contribution in [0.25, 0.3) is 0 Å². The zero-order valence-electron chi connectivity index (χ0n) is 13.0. The number of carbonyl (C=O) groups excluding carboxylic acids is 1. The summed E-state index contributed by atoms with van der Waals surface area (Å²) in [6, 6.07) is 10.5. The van der Waals surface area contributed by atoms with E-state index < -0.39 is 0 Å². The van der Waals surface area contributed by atoms with Crippen molar-refractivity contribution in [2.45, 2.75) is 45.1 Å². The van der Waals surface area contributed by atoms with E-state index in [-0.39, 0.29) is 24.4 Å². The van der Waals surface area contributed by atoms with Crippen molar-refractivity contribution in [3.63, 3.8) is 0 Å². The van der Waals surface area contributed by atoms with Crippen molar-refractivity contribution in [2.24, 2.45) is 5.92 Å². The molecule has 1 fully saturated rings. The molecule has 2 unspecified atom stereocenters. The van der Waals surface area contributed by atoms with Gasteiger partial charge < -0.3 is 10.6 Å². The van der Waals surface area contributed by atoms with Crippen LogP contribution in [-0.2, 0) is 4.79 Å². The van der Waals surface area contributed by atoms with Gasteiger partial charge in [-0.15, -0.1) is 12.4 Å². The number of rotatable bonds is 5. The van der Waals surface area contributed by atoms with E-state index in [1.54, 1.807) is 0 Å². The van der Waals surface area contributed by atoms with Crippen LogP contribution in [0.3, 0.4) is 0 Å². The van der Waals surface area contributed by atoms with Crippen LogP contribution in [0, 0.1) is 5.92 Å². The largest absolute Gasteiger partial charge is 0.354 e. The van der Waals surface area contributed by atoms with Gasteiger partial charge in [0.2, 0.25) is 5.91 Å². The Morgan fingerprint density at radius 2 is 2.00 bits per heavy atom. The Balaban J connectivity index is 0.00000220. The van der Waals surface area contributed by atoms with Crippen LogP contribution in [0.4, 0.5) is 0 Å². The fourth-order valence-corrected chi connectivity index (χ4v) is 2.85. The summed E-state index contributed by atoms with van der Waals surface area (Å²) >= 11 is 0. The summed E-state index contributed by atoms with van der Waals surface area (Å²) in [6.45, 7) is 6.11. The van der Waals surface area contributed by atoms with Crippen molar-refractivity contribution in [3.8, 4) is 0 Å². The Bertz CT molecular complexity index is 416. The lowest BCUT2D eigenvalue weighted by Crippen LogP contribution is -2.47. The SMILES string of the molecule is CC(C)C(CNC(=O)C1CCCCN1)c1ccccc1.Cl. The van der Waals surface area contributed by atoms with Crippen molar-refractivity contribution in [1.82, 2.24) is 10.6 Å². The van der Waals surface area contributed by atoms with Gasteiger partial charge in [0.15, 0.2) is 0 Å². The van der Waals surface area contributed by atoms with Gasteiger partial charge in [0.25, 0.3) is 0 Å². The fraction of sp³-hybridized carbons (Fsp3) is 0.588. The lowest BCUT2D eigenvalue weighted by atomic mass is 9.88. The second-order valence-electron chi connectivity index (χ2n) is 6.01. The first-order chi connectivity index (χ1) is 9.68. The third-order valence-corrected chi connectivity index (χ3v) is 4.16. The second-order valence-corrected chi connectivity index (χ2v) is 6.01. The van der Waals surface area contributed by atoms with Gasteiger partial charge in [0.1, 0.15) is 0 Å². The molecule has 2 rings (SSSR count). The fourth-order valence-electron chi connectivity index (χ4n) is 2.85. The Labute approximate surface area is 134 Å². The van der Waals surface area contributed by atoms with Gasteiger partial charge in [-0.3, -0.25) is 4.79 Å². The molecule has 3 nitrogen and oxygen atoms in total. The quantitative estimate of drug-likeness (QED) is 0.877. The molecule has 21 heavy (non-hydrogen) atoms. The maximum absolute atomic E-state index is 12.2. The molecule has 1 aromatic carbocycles. The van der Waals surface area contributed by atoms with E-state index in [0.29, 0.717) is 11.8 Å². The van der Waals surface area contributed by atoms with Gasteiger partial charge in [0, 0.05) is 12.5 Å². The summed E-state index contributed by atoms with van der Waals surface area (Å²) < 4.78 is 0. The molecular formula is C17H27ClN2O. The van der Waals surface area contributed by atoms with Gasteiger partial charge in [-0.1, -0.05) is 50.6 Å². The molecule has 0 bridgehead atoms. The highest BCUT2D eigenvalue weighted by atomic mass is 35.5. The molecule has 1 heterocycles. The van der Waals surface area contributed by atoms with E-state index in [0.717, 1.165) is 25.9 Å². The molecule has 0 spiro atoms. The van der Waals surface area contributed by atoms with Crippen LogP contribution >= 0.6 is 12.4 Å². The van der Waals surface area contributed by atoms with Gasteiger partial charge >= 0.3 is 0 Å². The summed E-state index contributed by atoms with van der Waals surface area (Å²) in [5.74, 6) is 1.05. The van der Waals surface area contributed by atoms with E-state index in [1.165, 1.54) is 12.0 Å². The lowest BCUT2D eigenvalue weighted by Gasteiger charge is -2.26. The van der Waals surface area contributed by atoms with Crippen LogP contribution in [0.2, 0.25) is 0 Å². The summed E-state index contributed by atoms with van der Waals surface area (Å²) in [5, 5.41) is 6.43. The average Bonchev–Trinajstić information content (AvgIpc) is 2.49. The van der Waals surface area contributed by atoms with Crippen LogP contribution in [0.5, 0.6) is 0 Å².